The van der Waals surface area contributed by atoms with Crippen molar-refractivity contribution < 1.29 is 4.74 Å². The summed E-state index contributed by atoms with van der Waals surface area (Å²) in [4.78, 5) is 2.22. The third-order valence-corrected chi connectivity index (χ3v) is 3.69. The predicted octanol–water partition coefficient (Wildman–Crippen LogP) is 2.26. The lowest BCUT2D eigenvalue weighted by Gasteiger charge is -2.22. The Morgan fingerprint density at radius 1 is 1.16 bits per heavy atom. The lowest BCUT2D eigenvalue weighted by Crippen LogP contribution is -2.28. The van der Waals surface area contributed by atoms with E-state index in [0.717, 1.165) is 38.8 Å². The Morgan fingerprint density at radius 3 is 2.53 bits per heavy atom. The first kappa shape index (κ1) is 14.5. The Bertz CT molecular complexity index is 373. The molecular weight excluding hydrogens is 236 g/mol. The van der Waals surface area contributed by atoms with Crippen LogP contribution in [0.3, 0.4) is 0 Å². The summed E-state index contributed by atoms with van der Waals surface area (Å²) >= 11 is 0. The molecule has 0 amide bonds. The Hall–Kier alpha value is -0.900. The zero-order valence-corrected chi connectivity index (χ0v) is 12.2. The van der Waals surface area contributed by atoms with Crippen LogP contribution in [-0.4, -0.2) is 38.8 Å². The second-order valence-corrected chi connectivity index (χ2v) is 5.69. The summed E-state index contributed by atoms with van der Waals surface area (Å²) in [5, 5.41) is 3.61. The van der Waals surface area contributed by atoms with Crippen LogP contribution >= 0.6 is 0 Å². The van der Waals surface area contributed by atoms with Crippen LogP contribution in [0.1, 0.15) is 24.0 Å². The SMILES string of the molecule is CN(C)Cc1ccccc1CNCC1CCOCC1. The van der Waals surface area contributed by atoms with Crippen molar-refractivity contribution in [1.82, 2.24) is 10.2 Å². The monoisotopic (exact) mass is 262 g/mol. The molecule has 19 heavy (non-hydrogen) atoms. The Morgan fingerprint density at radius 2 is 1.84 bits per heavy atom. The van der Waals surface area contributed by atoms with Crippen molar-refractivity contribution in [1.29, 1.82) is 0 Å². The van der Waals surface area contributed by atoms with Gasteiger partial charge < -0.3 is 15.0 Å². The molecule has 3 nitrogen and oxygen atoms in total. The van der Waals surface area contributed by atoms with Crippen molar-refractivity contribution in [2.75, 3.05) is 33.9 Å². The number of rotatable bonds is 6. The zero-order chi connectivity index (χ0) is 13.5. The quantitative estimate of drug-likeness (QED) is 0.851. The molecule has 1 aliphatic rings. The van der Waals surface area contributed by atoms with Gasteiger partial charge in [-0.2, -0.15) is 0 Å². The van der Waals surface area contributed by atoms with Gasteiger partial charge in [0.2, 0.25) is 0 Å². The second kappa shape index (κ2) is 7.63. The molecule has 0 saturated carbocycles. The van der Waals surface area contributed by atoms with Gasteiger partial charge in [0.15, 0.2) is 0 Å². The standard InChI is InChI=1S/C16H26N2O/c1-18(2)13-16-6-4-3-5-15(16)12-17-11-14-7-9-19-10-8-14/h3-6,14,17H,7-13H2,1-2H3. The average molecular weight is 262 g/mol. The molecule has 2 rings (SSSR count). The molecule has 1 aromatic carbocycles. The lowest BCUT2D eigenvalue weighted by molar-refractivity contribution is 0.0662. The molecule has 0 aliphatic carbocycles. The molecule has 106 valence electrons. The molecule has 3 heteroatoms. The second-order valence-electron chi connectivity index (χ2n) is 5.69. The van der Waals surface area contributed by atoms with E-state index < -0.39 is 0 Å². The summed E-state index contributed by atoms with van der Waals surface area (Å²) in [6.07, 6.45) is 2.40. The fourth-order valence-corrected chi connectivity index (χ4v) is 2.59. The highest BCUT2D eigenvalue weighted by atomic mass is 16.5. The van der Waals surface area contributed by atoms with Crippen molar-refractivity contribution in [3.05, 3.63) is 35.4 Å². The first-order valence-electron chi connectivity index (χ1n) is 7.25. The molecule has 1 saturated heterocycles. The summed E-state index contributed by atoms with van der Waals surface area (Å²) < 4.78 is 5.39. The van der Waals surface area contributed by atoms with E-state index >= 15 is 0 Å². The van der Waals surface area contributed by atoms with Gasteiger partial charge in [0, 0.05) is 26.3 Å². The molecule has 0 unspecified atom stereocenters. The summed E-state index contributed by atoms with van der Waals surface area (Å²) in [5.41, 5.74) is 2.84. The summed E-state index contributed by atoms with van der Waals surface area (Å²) in [6.45, 7) is 4.96. The molecule has 0 aromatic heterocycles. The highest BCUT2D eigenvalue weighted by Gasteiger charge is 2.13. The van der Waals surface area contributed by atoms with Gasteiger partial charge in [0.05, 0.1) is 0 Å². The van der Waals surface area contributed by atoms with Crippen molar-refractivity contribution >= 4 is 0 Å². The van der Waals surface area contributed by atoms with E-state index in [0.29, 0.717) is 0 Å². The van der Waals surface area contributed by atoms with Gasteiger partial charge in [-0.1, -0.05) is 24.3 Å². The lowest BCUT2D eigenvalue weighted by atomic mass is 10.00. The molecule has 0 atom stereocenters. The highest BCUT2D eigenvalue weighted by molar-refractivity contribution is 5.26. The van der Waals surface area contributed by atoms with E-state index in [1.54, 1.807) is 0 Å². The Balaban J connectivity index is 1.81. The summed E-state index contributed by atoms with van der Waals surface area (Å²) in [6, 6.07) is 8.71. The van der Waals surface area contributed by atoms with Crippen molar-refractivity contribution in [3.8, 4) is 0 Å². The Labute approximate surface area is 116 Å². The minimum absolute atomic E-state index is 0.787. The summed E-state index contributed by atoms with van der Waals surface area (Å²) in [5.74, 6) is 0.787. The number of hydrogen-bond acceptors (Lipinski definition) is 3. The van der Waals surface area contributed by atoms with Crippen LogP contribution in [0, 0.1) is 5.92 Å². The Kier molecular flexibility index (Phi) is 5.83. The predicted molar refractivity (Wildman–Crippen MR) is 79.1 cm³/mol. The van der Waals surface area contributed by atoms with Crippen LogP contribution in [0.15, 0.2) is 24.3 Å². The van der Waals surface area contributed by atoms with E-state index in [-0.39, 0.29) is 0 Å². The van der Waals surface area contributed by atoms with E-state index in [1.807, 2.05) is 0 Å². The maximum atomic E-state index is 5.39. The van der Waals surface area contributed by atoms with Crippen LogP contribution in [0.5, 0.6) is 0 Å². The van der Waals surface area contributed by atoms with Gasteiger partial charge >= 0.3 is 0 Å². The van der Waals surface area contributed by atoms with Gasteiger partial charge in [-0.3, -0.25) is 0 Å². The van der Waals surface area contributed by atoms with Crippen molar-refractivity contribution in [2.45, 2.75) is 25.9 Å². The van der Waals surface area contributed by atoms with Gasteiger partial charge in [0.25, 0.3) is 0 Å². The van der Waals surface area contributed by atoms with Crippen LogP contribution < -0.4 is 5.32 Å². The first-order valence-corrected chi connectivity index (χ1v) is 7.25. The molecule has 0 radical (unpaired) electrons. The number of hydrogen-bond donors (Lipinski definition) is 1. The number of benzene rings is 1. The molecule has 0 spiro atoms. The fraction of sp³-hybridized carbons (Fsp3) is 0.625. The minimum Gasteiger partial charge on any atom is -0.381 e. The van der Waals surface area contributed by atoms with Gasteiger partial charge in [0.1, 0.15) is 0 Å². The third kappa shape index (κ3) is 4.94. The highest BCUT2D eigenvalue weighted by Crippen LogP contribution is 2.14. The maximum absolute atomic E-state index is 5.39. The molecular formula is C16H26N2O. The molecule has 0 bridgehead atoms. The van der Waals surface area contributed by atoms with Gasteiger partial charge in [-0.05, 0) is 50.5 Å². The number of ether oxygens (including phenoxy) is 1. The molecule has 1 fully saturated rings. The van der Waals surface area contributed by atoms with Crippen molar-refractivity contribution in [3.63, 3.8) is 0 Å². The third-order valence-electron chi connectivity index (χ3n) is 3.69. The number of nitrogens with zero attached hydrogens (tertiary/aromatic N) is 1. The average Bonchev–Trinajstić information content (AvgIpc) is 2.41. The van der Waals surface area contributed by atoms with E-state index in [4.69, 9.17) is 4.74 Å². The number of nitrogens with one attached hydrogen (secondary N) is 1. The summed E-state index contributed by atoms with van der Waals surface area (Å²) in [7, 11) is 4.23. The fourth-order valence-electron chi connectivity index (χ4n) is 2.59. The van der Waals surface area contributed by atoms with E-state index in [2.05, 4.69) is 48.6 Å². The van der Waals surface area contributed by atoms with Crippen LogP contribution in [0.2, 0.25) is 0 Å². The zero-order valence-electron chi connectivity index (χ0n) is 12.2. The molecule has 1 aromatic rings. The van der Waals surface area contributed by atoms with Gasteiger partial charge in [-0.15, -0.1) is 0 Å². The van der Waals surface area contributed by atoms with Crippen molar-refractivity contribution in [2.24, 2.45) is 5.92 Å². The molecule has 1 aliphatic heterocycles. The largest absolute Gasteiger partial charge is 0.381 e. The van der Waals surface area contributed by atoms with Crippen LogP contribution in [-0.2, 0) is 17.8 Å². The molecule has 1 heterocycles. The topological polar surface area (TPSA) is 24.5 Å². The van der Waals surface area contributed by atoms with E-state index in [9.17, 15) is 0 Å². The molecule has 1 N–H and O–H groups in total. The van der Waals surface area contributed by atoms with Crippen LogP contribution in [0.25, 0.3) is 0 Å². The normalized spacial score (nSPS) is 17.0. The first-order chi connectivity index (χ1) is 9.25. The smallest absolute Gasteiger partial charge is 0.0469 e. The van der Waals surface area contributed by atoms with E-state index in [1.165, 1.54) is 24.0 Å². The van der Waals surface area contributed by atoms with Gasteiger partial charge in [-0.25, -0.2) is 0 Å². The minimum atomic E-state index is 0.787. The maximum Gasteiger partial charge on any atom is 0.0469 e. The van der Waals surface area contributed by atoms with Crippen LogP contribution in [0.4, 0.5) is 0 Å².